The molecular formula is C18H22F3N5. The molecule has 0 aliphatic carbocycles. The molecule has 1 aliphatic rings. The molecule has 1 unspecified atom stereocenters. The fraction of sp³-hybridized carbons (Fsp3) is 0.444. The Kier molecular flexibility index (Phi) is 5.20. The Labute approximate surface area is 150 Å². The summed E-state index contributed by atoms with van der Waals surface area (Å²) in [5.41, 5.74) is 1.36. The van der Waals surface area contributed by atoms with Crippen LogP contribution in [-0.2, 0) is 19.8 Å². The fourth-order valence-corrected chi connectivity index (χ4v) is 3.20. The van der Waals surface area contributed by atoms with Gasteiger partial charge in [0.1, 0.15) is 0 Å². The highest BCUT2D eigenvalue weighted by Crippen LogP contribution is 2.29. The Morgan fingerprint density at radius 2 is 2.04 bits per heavy atom. The maximum Gasteiger partial charge on any atom is 0.416 e. The molecular weight excluding hydrogens is 343 g/mol. The van der Waals surface area contributed by atoms with Crippen LogP contribution in [0, 0.1) is 0 Å². The average Bonchev–Trinajstić information content (AvgIpc) is 3.24. The Bertz CT molecular complexity index is 764. The summed E-state index contributed by atoms with van der Waals surface area (Å²) >= 11 is 0. The number of rotatable bonds is 3. The average molecular weight is 365 g/mol. The first-order valence-corrected chi connectivity index (χ1v) is 8.47. The Morgan fingerprint density at radius 3 is 2.62 bits per heavy atom. The highest BCUT2D eigenvalue weighted by Gasteiger charge is 2.30. The molecule has 2 heterocycles. The quantitative estimate of drug-likeness (QED) is 0.672. The topological polar surface area (TPSA) is 45.5 Å². The number of nitrogens with one attached hydrogen (secondary N) is 1. The number of hydrogen-bond donors (Lipinski definition) is 1. The Morgan fingerprint density at radius 1 is 1.31 bits per heavy atom. The summed E-state index contributed by atoms with van der Waals surface area (Å²) in [6.07, 6.45) is 0.644. The number of alkyl halides is 3. The van der Waals surface area contributed by atoms with Gasteiger partial charge in [-0.1, -0.05) is 12.1 Å². The van der Waals surface area contributed by atoms with Gasteiger partial charge in [-0.25, -0.2) is 0 Å². The number of likely N-dealkylation sites (tertiary alicyclic amines) is 1. The van der Waals surface area contributed by atoms with Gasteiger partial charge in [0.25, 0.3) is 0 Å². The first-order valence-electron chi connectivity index (χ1n) is 8.47. The van der Waals surface area contributed by atoms with E-state index in [1.54, 1.807) is 11.7 Å². The van der Waals surface area contributed by atoms with Crippen molar-refractivity contribution in [3.8, 4) is 0 Å². The van der Waals surface area contributed by atoms with Crippen LogP contribution in [0.25, 0.3) is 0 Å². The predicted octanol–water partition coefficient (Wildman–Crippen LogP) is 3.00. The minimum atomic E-state index is -4.31. The fourth-order valence-electron chi connectivity index (χ4n) is 3.20. The third-order valence-electron chi connectivity index (χ3n) is 4.63. The molecule has 0 amide bonds. The molecule has 1 atom stereocenters. The molecule has 1 aromatic heterocycles. The van der Waals surface area contributed by atoms with Crippen LogP contribution in [0.1, 0.15) is 29.0 Å². The lowest BCUT2D eigenvalue weighted by atomic mass is 10.0. The van der Waals surface area contributed by atoms with Crippen LogP contribution in [0.2, 0.25) is 0 Å². The minimum absolute atomic E-state index is 0.410. The molecule has 1 N–H and O–H groups in total. The van der Waals surface area contributed by atoms with E-state index in [-0.39, 0.29) is 0 Å². The predicted molar refractivity (Wildman–Crippen MR) is 93.8 cm³/mol. The molecule has 0 bridgehead atoms. The number of halogens is 3. The van der Waals surface area contributed by atoms with E-state index >= 15 is 0 Å². The summed E-state index contributed by atoms with van der Waals surface area (Å²) in [5.74, 6) is 1.17. The maximum absolute atomic E-state index is 12.6. The van der Waals surface area contributed by atoms with Crippen LogP contribution < -0.4 is 5.32 Å². The molecule has 0 radical (unpaired) electrons. The first-order chi connectivity index (χ1) is 12.4. The maximum atomic E-state index is 12.6. The summed E-state index contributed by atoms with van der Waals surface area (Å²) < 4.78 is 39.7. The van der Waals surface area contributed by atoms with Crippen molar-refractivity contribution in [1.82, 2.24) is 20.0 Å². The molecule has 3 rings (SSSR count). The number of aromatic nitrogens is 2. The Hall–Kier alpha value is -2.51. The molecule has 1 saturated heterocycles. The number of aryl methyl sites for hydroxylation is 1. The SMILES string of the molecule is CN=C(NCc1ccc(C(F)(F)F)cc1)N1CCC(c2cnn(C)c2)C1. The monoisotopic (exact) mass is 365 g/mol. The van der Waals surface area contributed by atoms with Gasteiger partial charge in [0.15, 0.2) is 5.96 Å². The van der Waals surface area contributed by atoms with E-state index in [1.165, 1.54) is 17.7 Å². The van der Waals surface area contributed by atoms with Crippen LogP contribution in [-0.4, -0.2) is 40.8 Å². The lowest BCUT2D eigenvalue weighted by molar-refractivity contribution is -0.137. The summed E-state index contributed by atoms with van der Waals surface area (Å²) in [7, 11) is 3.62. The van der Waals surface area contributed by atoms with Gasteiger partial charge in [0, 0.05) is 45.8 Å². The van der Waals surface area contributed by atoms with Crippen molar-refractivity contribution < 1.29 is 13.2 Å². The second-order valence-corrected chi connectivity index (χ2v) is 6.47. The van der Waals surface area contributed by atoms with Gasteiger partial charge in [-0.15, -0.1) is 0 Å². The van der Waals surface area contributed by atoms with Crippen LogP contribution in [0.3, 0.4) is 0 Å². The Balaban J connectivity index is 1.57. The number of nitrogens with zero attached hydrogens (tertiary/aromatic N) is 4. The molecule has 1 aromatic carbocycles. The van der Waals surface area contributed by atoms with Crippen molar-refractivity contribution >= 4 is 5.96 Å². The van der Waals surface area contributed by atoms with E-state index in [1.807, 2.05) is 19.4 Å². The van der Waals surface area contributed by atoms with E-state index < -0.39 is 11.7 Å². The van der Waals surface area contributed by atoms with Crippen LogP contribution in [0.15, 0.2) is 41.7 Å². The van der Waals surface area contributed by atoms with Gasteiger partial charge >= 0.3 is 6.18 Å². The number of aliphatic imine (C=N–C) groups is 1. The molecule has 8 heteroatoms. The molecule has 5 nitrogen and oxygen atoms in total. The summed E-state index contributed by atoms with van der Waals surface area (Å²) in [6.45, 7) is 2.16. The van der Waals surface area contributed by atoms with Gasteiger partial charge in [0.2, 0.25) is 0 Å². The third kappa shape index (κ3) is 4.17. The van der Waals surface area contributed by atoms with E-state index in [2.05, 4.69) is 20.3 Å². The van der Waals surface area contributed by atoms with E-state index in [0.717, 1.165) is 43.2 Å². The minimum Gasteiger partial charge on any atom is -0.352 e. The van der Waals surface area contributed by atoms with E-state index in [4.69, 9.17) is 0 Å². The second-order valence-electron chi connectivity index (χ2n) is 6.47. The lowest BCUT2D eigenvalue weighted by Crippen LogP contribution is -2.39. The van der Waals surface area contributed by atoms with Crippen molar-refractivity contribution in [2.45, 2.75) is 25.1 Å². The molecule has 2 aromatic rings. The summed E-state index contributed by atoms with van der Waals surface area (Å²) in [4.78, 5) is 6.47. The van der Waals surface area contributed by atoms with E-state index in [9.17, 15) is 13.2 Å². The molecule has 140 valence electrons. The molecule has 1 fully saturated rings. The van der Waals surface area contributed by atoms with Crippen molar-refractivity contribution in [2.24, 2.45) is 12.0 Å². The van der Waals surface area contributed by atoms with Crippen molar-refractivity contribution in [2.75, 3.05) is 20.1 Å². The summed E-state index contributed by atoms with van der Waals surface area (Å²) in [5, 5.41) is 7.46. The highest BCUT2D eigenvalue weighted by molar-refractivity contribution is 5.80. The molecule has 0 saturated carbocycles. The van der Waals surface area contributed by atoms with Gasteiger partial charge in [0.05, 0.1) is 11.8 Å². The largest absolute Gasteiger partial charge is 0.416 e. The molecule has 1 aliphatic heterocycles. The van der Waals surface area contributed by atoms with Crippen molar-refractivity contribution in [3.63, 3.8) is 0 Å². The smallest absolute Gasteiger partial charge is 0.352 e. The van der Waals surface area contributed by atoms with Gasteiger partial charge < -0.3 is 10.2 Å². The van der Waals surface area contributed by atoms with E-state index in [0.29, 0.717) is 12.5 Å². The van der Waals surface area contributed by atoms with Crippen LogP contribution in [0.4, 0.5) is 13.2 Å². The van der Waals surface area contributed by atoms with Crippen molar-refractivity contribution in [1.29, 1.82) is 0 Å². The zero-order valence-electron chi connectivity index (χ0n) is 14.8. The van der Waals surface area contributed by atoms with Crippen LogP contribution in [0.5, 0.6) is 0 Å². The highest BCUT2D eigenvalue weighted by atomic mass is 19.4. The third-order valence-corrected chi connectivity index (χ3v) is 4.63. The van der Waals surface area contributed by atoms with Gasteiger partial charge in [-0.3, -0.25) is 9.67 Å². The lowest BCUT2D eigenvalue weighted by Gasteiger charge is -2.21. The summed E-state index contributed by atoms with van der Waals surface area (Å²) in [6, 6.07) is 5.19. The normalized spacial score (nSPS) is 18.4. The number of guanidine groups is 1. The van der Waals surface area contributed by atoms with Crippen LogP contribution >= 0.6 is 0 Å². The second kappa shape index (κ2) is 7.39. The zero-order valence-corrected chi connectivity index (χ0v) is 14.8. The number of hydrogen-bond acceptors (Lipinski definition) is 2. The molecule has 0 spiro atoms. The van der Waals surface area contributed by atoms with Gasteiger partial charge in [-0.2, -0.15) is 18.3 Å². The zero-order chi connectivity index (χ0) is 18.7. The number of benzene rings is 1. The van der Waals surface area contributed by atoms with Crippen molar-refractivity contribution in [3.05, 3.63) is 53.3 Å². The first kappa shape index (κ1) is 18.3. The molecule has 26 heavy (non-hydrogen) atoms. The van der Waals surface area contributed by atoms with Gasteiger partial charge in [-0.05, 0) is 29.7 Å². The standard InChI is InChI=1S/C18H22F3N5/c1-22-17(23-9-13-3-5-16(6-4-13)18(19,20)21)26-8-7-14(12-26)15-10-24-25(2)11-15/h3-6,10-11,14H,7-9,12H2,1-2H3,(H,22,23).